The van der Waals surface area contributed by atoms with E-state index in [0.29, 0.717) is 11.0 Å². The third-order valence-electron chi connectivity index (χ3n) is 4.72. The summed E-state index contributed by atoms with van der Waals surface area (Å²) in [6, 6.07) is 6.00. The summed E-state index contributed by atoms with van der Waals surface area (Å²) in [5.74, 6) is 0.599. The lowest BCUT2D eigenvalue weighted by atomic mass is 9.84. The maximum atomic E-state index is 12.1. The van der Waals surface area contributed by atoms with E-state index in [-0.39, 0.29) is 12.1 Å². The molecule has 6 heteroatoms. The molecule has 0 aromatic carbocycles. The molecule has 0 unspecified atom stereocenters. The zero-order valence-electron chi connectivity index (χ0n) is 12.8. The van der Waals surface area contributed by atoms with Gasteiger partial charge in [-0.15, -0.1) is 11.3 Å². The molecule has 2 bridgehead atoms. The first-order chi connectivity index (χ1) is 11.3. The minimum atomic E-state index is -0.344. The van der Waals surface area contributed by atoms with Crippen molar-refractivity contribution in [3.8, 4) is 16.2 Å². The molecule has 0 spiro atoms. The van der Waals surface area contributed by atoms with Gasteiger partial charge in [-0.05, 0) is 43.5 Å². The number of rotatable bonds is 3. The van der Waals surface area contributed by atoms with Crippen LogP contribution in [0.25, 0.3) is 11.1 Å². The number of ether oxygens (including phenoxy) is 1. The minimum Gasteiger partial charge on any atom is -0.399 e. The molecule has 3 saturated heterocycles. The minimum absolute atomic E-state index is 0.225. The number of pyridine rings is 1. The molecule has 5 rings (SSSR count). The Balaban J connectivity index is 1.37. The van der Waals surface area contributed by atoms with Crippen molar-refractivity contribution in [1.82, 2.24) is 15.2 Å². The van der Waals surface area contributed by atoms with Gasteiger partial charge in [0, 0.05) is 42.0 Å². The topological polar surface area (TPSA) is 54.5 Å². The molecular formula is C17H19N3O2S. The predicted molar refractivity (Wildman–Crippen MR) is 89.7 cm³/mol. The first kappa shape index (κ1) is 14.7. The molecule has 0 aliphatic carbocycles. The molecule has 3 fully saturated rings. The lowest BCUT2D eigenvalue weighted by molar-refractivity contribution is 0.0726. The fraction of sp³-hybridized carbons (Fsp3) is 0.412. The number of piperidine rings is 3. The summed E-state index contributed by atoms with van der Waals surface area (Å²) in [4.78, 5) is 18.7. The van der Waals surface area contributed by atoms with E-state index in [4.69, 9.17) is 4.74 Å². The molecule has 3 aliphatic heterocycles. The van der Waals surface area contributed by atoms with E-state index in [1.54, 1.807) is 12.4 Å². The van der Waals surface area contributed by atoms with Crippen LogP contribution in [0.5, 0.6) is 5.06 Å². The quantitative estimate of drug-likeness (QED) is 0.940. The number of nitrogens with zero attached hydrogens (tertiary/aromatic N) is 2. The highest BCUT2D eigenvalue weighted by molar-refractivity contribution is 7.12. The van der Waals surface area contributed by atoms with E-state index in [1.165, 1.54) is 24.2 Å². The number of amides is 1. The maximum absolute atomic E-state index is 12.1. The predicted octanol–water partition coefficient (Wildman–Crippen LogP) is 2.99. The Hall–Kier alpha value is -1.92. The first-order valence-electron chi connectivity index (χ1n) is 7.97. The van der Waals surface area contributed by atoms with Gasteiger partial charge in [0.15, 0.2) is 5.06 Å². The molecule has 5 heterocycles. The molecule has 1 amide bonds. The lowest BCUT2D eigenvalue weighted by Gasteiger charge is -2.44. The van der Waals surface area contributed by atoms with Gasteiger partial charge in [0.2, 0.25) is 0 Å². The van der Waals surface area contributed by atoms with Crippen LogP contribution in [0, 0.1) is 5.92 Å². The number of nitrogens with one attached hydrogen (secondary N) is 1. The standard InChI is InChI=1S/C17H19N3O2S/c21-17(19-15-10-20-6-3-12(15)4-7-20)22-16-8-14(11-23-16)13-2-1-5-18-9-13/h1-2,5,8-9,11-12,15H,3-4,6-7,10H2,(H,19,21)/t15-/m0/s1. The summed E-state index contributed by atoms with van der Waals surface area (Å²) >= 11 is 1.43. The molecule has 1 atom stereocenters. The monoisotopic (exact) mass is 329 g/mol. The highest BCUT2D eigenvalue weighted by atomic mass is 32.1. The zero-order valence-corrected chi connectivity index (χ0v) is 13.6. The van der Waals surface area contributed by atoms with Crippen molar-refractivity contribution in [1.29, 1.82) is 0 Å². The molecule has 3 aliphatic rings. The third-order valence-corrected chi connectivity index (χ3v) is 5.53. The third kappa shape index (κ3) is 3.23. The molecule has 0 saturated carbocycles. The first-order valence-corrected chi connectivity index (χ1v) is 8.85. The Morgan fingerprint density at radius 3 is 2.91 bits per heavy atom. The van der Waals surface area contributed by atoms with Crippen molar-refractivity contribution in [3.05, 3.63) is 36.0 Å². The van der Waals surface area contributed by atoms with Crippen LogP contribution in [0.15, 0.2) is 36.0 Å². The maximum Gasteiger partial charge on any atom is 0.413 e. The van der Waals surface area contributed by atoms with Crippen molar-refractivity contribution in [2.24, 2.45) is 5.92 Å². The van der Waals surface area contributed by atoms with Crippen molar-refractivity contribution >= 4 is 17.4 Å². The molecule has 2 aromatic heterocycles. The van der Waals surface area contributed by atoms with Crippen molar-refractivity contribution < 1.29 is 9.53 Å². The lowest BCUT2D eigenvalue weighted by Crippen LogP contribution is -2.57. The normalized spacial score (nSPS) is 26.0. The Bertz CT molecular complexity index is 680. The van der Waals surface area contributed by atoms with Gasteiger partial charge in [-0.3, -0.25) is 4.98 Å². The van der Waals surface area contributed by atoms with Crippen LogP contribution in [-0.2, 0) is 0 Å². The molecule has 5 nitrogen and oxygen atoms in total. The largest absolute Gasteiger partial charge is 0.413 e. The molecule has 1 N–H and O–H groups in total. The molecule has 0 radical (unpaired) electrons. The number of aromatic nitrogens is 1. The van der Waals surface area contributed by atoms with Crippen LogP contribution in [-0.4, -0.2) is 41.7 Å². The van der Waals surface area contributed by atoms with Crippen molar-refractivity contribution in [2.75, 3.05) is 19.6 Å². The van der Waals surface area contributed by atoms with Crippen LogP contribution in [0.2, 0.25) is 0 Å². The second kappa shape index (κ2) is 6.29. The SMILES string of the molecule is O=C(N[C@H]1CN2CCC1CC2)Oc1cc(-c2cccnc2)cs1. The second-order valence-electron chi connectivity index (χ2n) is 6.17. The molecule has 120 valence electrons. The van der Waals surface area contributed by atoms with Crippen LogP contribution in [0.3, 0.4) is 0 Å². The van der Waals surface area contributed by atoms with Crippen LogP contribution >= 0.6 is 11.3 Å². The van der Waals surface area contributed by atoms with Crippen molar-refractivity contribution in [3.63, 3.8) is 0 Å². The van der Waals surface area contributed by atoms with Crippen molar-refractivity contribution in [2.45, 2.75) is 18.9 Å². The van der Waals surface area contributed by atoms with E-state index in [9.17, 15) is 4.79 Å². The van der Waals surface area contributed by atoms with Crippen LogP contribution in [0.4, 0.5) is 4.79 Å². The highest BCUT2D eigenvalue weighted by Gasteiger charge is 2.35. The summed E-state index contributed by atoms with van der Waals surface area (Å²) in [7, 11) is 0. The highest BCUT2D eigenvalue weighted by Crippen LogP contribution is 2.31. The number of hydrogen-bond acceptors (Lipinski definition) is 5. The second-order valence-corrected chi connectivity index (χ2v) is 7.05. The Kier molecular flexibility index (Phi) is 4.01. The van der Waals surface area contributed by atoms with Gasteiger partial charge in [-0.2, -0.15) is 0 Å². The van der Waals surface area contributed by atoms with Crippen LogP contribution < -0.4 is 10.1 Å². The van der Waals surface area contributed by atoms with Crippen LogP contribution in [0.1, 0.15) is 12.8 Å². The summed E-state index contributed by atoms with van der Waals surface area (Å²) in [5.41, 5.74) is 2.05. The molecular weight excluding hydrogens is 310 g/mol. The number of fused-ring (bicyclic) bond motifs is 3. The Morgan fingerprint density at radius 2 is 2.22 bits per heavy atom. The smallest absolute Gasteiger partial charge is 0.399 e. The molecule has 2 aromatic rings. The van der Waals surface area contributed by atoms with E-state index in [0.717, 1.165) is 30.8 Å². The number of thiophene rings is 1. The van der Waals surface area contributed by atoms with Gasteiger partial charge >= 0.3 is 6.09 Å². The van der Waals surface area contributed by atoms with Gasteiger partial charge in [0.25, 0.3) is 0 Å². The number of carbonyl (C=O) groups excluding carboxylic acids is 1. The van der Waals surface area contributed by atoms with E-state index >= 15 is 0 Å². The number of carbonyl (C=O) groups is 1. The summed E-state index contributed by atoms with van der Waals surface area (Å²) in [6.07, 6.45) is 5.56. The fourth-order valence-electron chi connectivity index (χ4n) is 3.46. The van der Waals surface area contributed by atoms with Gasteiger partial charge in [-0.25, -0.2) is 4.79 Å². The average Bonchev–Trinajstić information content (AvgIpc) is 3.05. The molecule has 23 heavy (non-hydrogen) atoms. The summed E-state index contributed by atoms with van der Waals surface area (Å²) in [6.45, 7) is 3.28. The fourth-order valence-corrected chi connectivity index (χ4v) is 4.22. The van der Waals surface area contributed by atoms with Gasteiger partial charge in [-0.1, -0.05) is 6.07 Å². The zero-order chi connectivity index (χ0) is 15.6. The van der Waals surface area contributed by atoms with E-state index in [1.807, 2.05) is 23.6 Å². The Morgan fingerprint density at radius 1 is 1.35 bits per heavy atom. The van der Waals surface area contributed by atoms with Gasteiger partial charge < -0.3 is 15.0 Å². The summed E-state index contributed by atoms with van der Waals surface area (Å²) < 4.78 is 5.46. The van der Waals surface area contributed by atoms with E-state index in [2.05, 4.69) is 15.2 Å². The van der Waals surface area contributed by atoms with Gasteiger partial charge in [0.05, 0.1) is 0 Å². The average molecular weight is 329 g/mol. The van der Waals surface area contributed by atoms with Gasteiger partial charge in [0.1, 0.15) is 0 Å². The summed E-state index contributed by atoms with van der Waals surface area (Å²) in [5, 5.41) is 5.63. The number of hydrogen-bond donors (Lipinski definition) is 1. The Labute approximate surface area is 139 Å². The van der Waals surface area contributed by atoms with E-state index < -0.39 is 0 Å².